The van der Waals surface area contributed by atoms with E-state index in [1.807, 2.05) is 99.6 Å². The van der Waals surface area contributed by atoms with E-state index in [4.69, 9.17) is 9.73 Å². The van der Waals surface area contributed by atoms with Gasteiger partial charge in [-0.2, -0.15) is 0 Å². The van der Waals surface area contributed by atoms with Crippen LogP contribution in [-0.4, -0.2) is 40.8 Å². The number of hydrogen-bond donors (Lipinski definition) is 1. The lowest BCUT2D eigenvalue weighted by molar-refractivity contribution is -0.140. The molecule has 1 N–H and O–H groups in total. The molecule has 200 valence electrons. The molecule has 0 aliphatic carbocycles. The van der Waals surface area contributed by atoms with Crippen LogP contribution in [0, 0.1) is 5.92 Å². The molecule has 5 rings (SSSR count). The second-order valence-electron chi connectivity index (χ2n) is 10.2. The molecule has 1 amide bonds. The zero-order chi connectivity index (χ0) is 27.4. The molecular weight excluding hydrogens is 506 g/mol. The van der Waals surface area contributed by atoms with Crippen molar-refractivity contribution in [3.8, 4) is 11.1 Å². The van der Waals surface area contributed by atoms with Crippen LogP contribution < -0.4 is 5.32 Å². The van der Waals surface area contributed by atoms with Gasteiger partial charge < -0.3 is 15.0 Å². The maximum Gasteiger partial charge on any atom is 0.338 e. The molecule has 1 fully saturated rings. The highest BCUT2D eigenvalue weighted by molar-refractivity contribution is 8.13. The summed E-state index contributed by atoms with van der Waals surface area (Å²) in [6, 6.07) is 25.1. The number of benzene rings is 3. The zero-order valence-electron chi connectivity index (χ0n) is 22.5. The summed E-state index contributed by atoms with van der Waals surface area (Å²) in [5.74, 6) is 0.718. The van der Waals surface area contributed by atoms with Gasteiger partial charge in [-0.1, -0.05) is 80.2 Å². The van der Waals surface area contributed by atoms with Crippen LogP contribution >= 0.6 is 11.8 Å². The van der Waals surface area contributed by atoms with E-state index in [9.17, 15) is 9.59 Å². The number of esters is 1. The van der Waals surface area contributed by atoms with Crippen molar-refractivity contribution in [2.24, 2.45) is 10.9 Å². The van der Waals surface area contributed by atoms with Gasteiger partial charge in [0, 0.05) is 23.5 Å². The van der Waals surface area contributed by atoms with Gasteiger partial charge in [0.25, 0.3) is 5.91 Å². The van der Waals surface area contributed by atoms with Gasteiger partial charge in [0.1, 0.15) is 0 Å². The molecule has 7 heteroatoms. The van der Waals surface area contributed by atoms with E-state index in [-0.39, 0.29) is 23.8 Å². The van der Waals surface area contributed by atoms with Crippen molar-refractivity contribution >= 4 is 34.5 Å². The number of rotatable bonds is 7. The molecule has 0 bridgehead atoms. The van der Waals surface area contributed by atoms with Crippen LogP contribution in [-0.2, 0) is 9.53 Å². The van der Waals surface area contributed by atoms with E-state index in [1.165, 1.54) is 0 Å². The number of anilines is 1. The minimum absolute atomic E-state index is 0.186. The van der Waals surface area contributed by atoms with Crippen molar-refractivity contribution in [2.75, 3.05) is 24.2 Å². The highest BCUT2D eigenvalue weighted by Gasteiger charge is 2.38. The number of allylic oxidation sites excluding steroid dienone is 1. The Bertz CT molecular complexity index is 1410. The number of nitrogens with zero attached hydrogens (tertiary/aromatic N) is 2. The smallest absolute Gasteiger partial charge is 0.338 e. The van der Waals surface area contributed by atoms with E-state index in [2.05, 4.69) is 10.2 Å². The van der Waals surface area contributed by atoms with E-state index >= 15 is 0 Å². The molecule has 2 heterocycles. The lowest BCUT2D eigenvalue weighted by atomic mass is 9.94. The monoisotopic (exact) mass is 539 g/mol. The zero-order valence-corrected chi connectivity index (χ0v) is 23.3. The first kappa shape index (κ1) is 26.8. The van der Waals surface area contributed by atoms with E-state index < -0.39 is 0 Å². The molecule has 1 unspecified atom stereocenters. The molecule has 6 nitrogen and oxygen atoms in total. The lowest BCUT2D eigenvalue weighted by Gasteiger charge is -2.40. The molecule has 2 aliphatic rings. The van der Waals surface area contributed by atoms with Gasteiger partial charge in [0.15, 0.2) is 5.17 Å². The maximum absolute atomic E-state index is 13.3. The fraction of sp³-hybridized carbons (Fsp3) is 0.281. The molecule has 39 heavy (non-hydrogen) atoms. The Labute approximate surface area is 234 Å². The number of carbonyl (C=O) groups excluding carboxylic acids is 2. The molecule has 0 saturated carbocycles. The van der Waals surface area contributed by atoms with Gasteiger partial charge in [-0.15, -0.1) is 0 Å². The second kappa shape index (κ2) is 11.9. The lowest BCUT2D eigenvalue weighted by Crippen LogP contribution is -2.42. The normalized spacial score (nSPS) is 17.0. The van der Waals surface area contributed by atoms with Crippen molar-refractivity contribution in [3.63, 3.8) is 0 Å². The third-order valence-corrected chi connectivity index (χ3v) is 7.82. The number of amides is 1. The quantitative estimate of drug-likeness (QED) is 0.330. The van der Waals surface area contributed by atoms with Gasteiger partial charge in [0.05, 0.1) is 23.9 Å². The number of hydrogen-bond acceptors (Lipinski definition) is 6. The Morgan fingerprint density at radius 1 is 1.03 bits per heavy atom. The molecule has 3 aromatic carbocycles. The van der Waals surface area contributed by atoms with Crippen molar-refractivity contribution in [3.05, 3.63) is 101 Å². The fourth-order valence-electron chi connectivity index (χ4n) is 4.83. The summed E-state index contributed by atoms with van der Waals surface area (Å²) < 4.78 is 5.67. The summed E-state index contributed by atoms with van der Waals surface area (Å²) in [5, 5.41) is 3.97. The Morgan fingerprint density at radius 2 is 1.77 bits per heavy atom. The van der Waals surface area contributed by atoms with Crippen LogP contribution in [0.5, 0.6) is 0 Å². The van der Waals surface area contributed by atoms with Crippen LogP contribution in [0.4, 0.5) is 5.69 Å². The summed E-state index contributed by atoms with van der Waals surface area (Å²) in [5.41, 5.74) is 5.57. The molecule has 3 aromatic rings. The Balaban J connectivity index is 1.40. The van der Waals surface area contributed by atoms with Gasteiger partial charge in [0.2, 0.25) is 0 Å². The second-order valence-corrected chi connectivity index (χ2v) is 11.3. The predicted molar refractivity (Wildman–Crippen MR) is 159 cm³/mol. The predicted octanol–water partition coefficient (Wildman–Crippen LogP) is 6.93. The number of amidine groups is 1. The summed E-state index contributed by atoms with van der Waals surface area (Å²) in [7, 11) is 0. The number of fused-ring (bicyclic) bond motifs is 1. The first-order valence-electron chi connectivity index (χ1n) is 13.3. The third kappa shape index (κ3) is 6.09. The topological polar surface area (TPSA) is 71.0 Å². The average molecular weight is 540 g/mol. The van der Waals surface area contributed by atoms with Gasteiger partial charge in [-0.05, 0) is 60.2 Å². The minimum Gasteiger partial charge on any atom is -0.462 e. The van der Waals surface area contributed by atoms with E-state index in [0.717, 1.165) is 40.6 Å². The van der Waals surface area contributed by atoms with Crippen molar-refractivity contribution < 1.29 is 14.3 Å². The minimum atomic E-state index is -0.336. The Hall–Kier alpha value is -3.84. The van der Waals surface area contributed by atoms with E-state index in [1.54, 1.807) is 11.8 Å². The molecular formula is C32H33N3O3S. The Morgan fingerprint density at radius 3 is 2.51 bits per heavy atom. The molecule has 1 saturated heterocycles. The molecule has 1 atom stereocenters. The first-order valence-corrected chi connectivity index (χ1v) is 14.3. The highest BCUT2D eigenvalue weighted by Crippen LogP contribution is 2.40. The third-order valence-electron chi connectivity index (χ3n) is 6.74. The number of aliphatic imine (C=N–C) groups is 1. The van der Waals surface area contributed by atoms with Crippen molar-refractivity contribution in [2.45, 2.75) is 33.2 Å². The van der Waals surface area contributed by atoms with Crippen LogP contribution in [0.1, 0.15) is 49.2 Å². The number of carbonyl (C=O) groups is 2. The highest BCUT2D eigenvalue weighted by atomic mass is 32.2. The molecule has 0 radical (unpaired) electrons. The SMILES string of the molecule is CC1=C(C(=O)OCC(C)C)C(c2cccc(NC(=O)c3ccc(-c4ccccc4)cc3)c2)N2CCCSC2=N1. The number of ether oxygens (including phenoxy) is 1. The van der Waals surface area contributed by atoms with Crippen LogP contribution in [0.25, 0.3) is 11.1 Å². The molecule has 0 spiro atoms. The summed E-state index contributed by atoms with van der Waals surface area (Å²) in [6.07, 6.45) is 1.00. The average Bonchev–Trinajstić information content (AvgIpc) is 2.96. The number of thioether (sulfide) groups is 1. The molecule has 2 aliphatic heterocycles. The van der Waals surface area contributed by atoms with Crippen LogP contribution in [0.3, 0.4) is 0 Å². The van der Waals surface area contributed by atoms with Gasteiger partial charge in [-0.25, -0.2) is 9.79 Å². The van der Waals surface area contributed by atoms with Gasteiger partial charge in [-0.3, -0.25) is 4.79 Å². The number of nitrogens with one attached hydrogen (secondary N) is 1. The summed E-state index contributed by atoms with van der Waals surface area (Å²) >= 11 is 1.71. The molecule has 0 aromatic heterocycles. The maximum atomic E-state index is 13.3. The first-order chi connectivity index (χ1) is 18.9. The standard InChI is InChI=1S/C32H33N3O3S/c1-21(2)20-38-31(37)28-22(3)33-32-35(17-8-18-39-32)29(28)26-11-7-12-27(19-26)34-30(36)25-15-13-24(14-16-25)23-9-5-4-6-10-23/h4-7,9-16,19,21,29H,8,17-18,20H2,1-3H3,(H,34,36). The van der Waals surface area contributed by atoms with Crippen LogP contribution in [0.15, 0.2) is 95.1 Å². The van der Waals surface area contributed by atoms with Crippen molar-refractivity contribution in [1.29, 1.82) is 0 Å². The Kier molecular flexibility index (Phi) is 8.17. The van der Waals surface area contributed by atoms with Crippen molar-refractivity contribution in [1.82, 2.24) is 4.90 Å². The summed E-state index contributed by atoms with van der Waals surface area (Å²) in [4.78, 5) is 33.4. The fourth-order valence-corrected chi connectivity index (χ4v) is 5.85. The van der Waals surface area contributed by atoms with Crippen LogP contribution in [0.2, 0.25) is 0 Å². The van der Waals surface area contributed by atoms with Gasteiger partial charge >= 0.3 is 5.97 Å². The summed E-state index contributed by atoms with van der Waals surface area (Å²) in [6.45, 7) is 7.07. The largest absolute Gasteiger partial charge is 0.462 e. The van der Waals surface area contributed by atoms with E-state index in [0.29, 0.717) is 29.1 Å².